The Bertz CT molecular complexity index is 1260. The molecule has 3 aromatic rings. The maximum absolute atomic E-state index is 13.0. The first-order valence-electron chi connectivity index (χ1n) is 8.40. The number of aromatic amines is 1. The Kier molecular flexibility index (Phi) is 4.70. The highest BCUT2D eigenvalue weighted by Gasteiger charge is 2.43. The van der Waals surface area contributed by atoms with E-state index in [0.717, 1.165) is 5.56 Å². The van der Waals surface area contributed by atoms with E-state index >= 15 is 0 Å². The maximum Gasteiger partial charge on any atom is 0.276 e. The molecule has 11 heteroatoms. The normalized spacial score (nSPS) is 13.9. The SMILES string of the molecule is CC(C)c1cn(C)c2c(=O)[nH]c(N3C(=O)c4c(Cl)c(Cl)c(Cl)c(Cl)c4C3=O)nc12. The third-order valence-electron chi connectivity index (χ3n) is 4.78. The molecular formula is C18H12Cl4N4O3. The van der Waals surface area contributed by atoms with E-state index in [1.807, 2.05) is 13.8 Å². The van der Waals surface area contributed by atoms with Gasteiger partial charge in [0.05, 0.1) is 31.2 Å². The number of imide groups is 1. The summed E-state index contributed by atoms with van der Waals surface area (Å²) in [6.45, 7) is 3.89. The summed E-state index contributed by atoms with van der Waals surface area (Å²) in [4.78, 5) is 46.3. The lowest BCUT2D eigenvalue weighted by molar-refractivity contribution is 0.0924. The van der Waals surface area contributed by atoms with Gasteiger partial charge < -0.3 is 4.57 Å². The molecule has 3 heterocycles. The quantitative estimate of drug-likeness (QED) is 0.329. The number of H-pyrrole nitrogens is 1. The number of carbonyl (C=O) groups is 2. The summed E-state index contributed by atoms with van der Waals surface area (Å²) in [5.74, 6) is -1.79. The molecule has 1 aromatic carbocycles. The Morgan fingerprint density at radius 1 is 0.931 bits per heavy atom. The van der Waals surface area contributed by atoms with Crippen molar-refractivity contribution < 1.29 is 9.59 Å². The third kappa shape index (κ3) is 2.72. The molecule has 0 saturated heterocycles. The Morgan fingerprint density at radius 3 is 1.93 bits per heavy atom. The van der Waals surface area contributed by atoms with Gasteiger partial charge in [0.1, 0.15) is 11.0 Å². The smallest absolute Gasteiger partial charge is 0.276 e. The summed E-state index contributed by atoms with van der Waals surface area (Å²) in [5.41, 5.74) is 0.659. The molecule has 0 aliphatic carbocycles. The van der Waals surface area contributed by atoms with Crippen molar-refractivity contribution in [2.24, 2.45) is 7.05 Å². The second kappa shape index (κ2) is 6.74. The first kappa shape index (κ1) is 20.2. The molecule has 2 aromatic heterocycles. The van der Waals surface area contributed by atoms with Gasteiger partial charge in [-0.2, -0.15) is 0 Å². The Labute approximate surface area is 184 Å². The first-order valence-corrected chi connectivity index (χ1v) is 9.91. The number of aryl methyl sites for hydroxylation is 1. The standard InChI is InChI=1S/C18H12Cl4N4O3/c1-5(2)6-4-25(3)14-13(6)23-18(24-15(14)27)26-16(28)7-8(17(26)29)10(20)12(22)11(21)9(7)19/h4-5H,1-3H3,(H,23,24,27). The zero-order valence-corrected chi connectivity index (χ0v) is 18.3. The number of anilines is 1. The molecule has 4 rings (SSSR count). The molecule has 2 amide bonds. The van der Waals surface area contributed by atoms with E-state index < -0.39 is 17.4 Å². The second-order valence-corrected chi connectivity index (χ2v) is 8.40. The van der Waals surface area contributed by atoms with Crippen molar-refractivity contribution in [3.63, 3.8) is 0 Å². The molecule has 0 spiro atoms. The first-order chi connectivity index (χ1) is 13.6. The van der Waals surface area contributed by atoms with E-state index in [1.165, 1.54) is 0 Å². The Hall–Kier alpha value is -2.06. The zero-order chi connectivity index (χ0) is 21.4. The van der Waals surface area contributed by atoms with Crippen LogP contribution in [0.1, 0.15) is 46.0 Å². The van der Waals surface area contributed by atoms with E-state index in [0.29, 0.717) is 15.9 Å². The van der Waals surface area contributed by atoms with Gasteiger partial charge in [-0.15, -0.1) is 0 Å². The summed E-state index contributed by atoms with van der Waals surface area (Å²) in [6, 6.07) is 0. The van der Waals surface area contributed by atoms with Crippen LogP contribution in [0.25, 0.3) is 11.0 Å². The molecule has 0 unspecified atom stereocenters. The minimum Gasteiger partial charge on any atom is -0.344 e. The van der Waals surface area contributed by atoms with Crippen molar-refractivity contribution in [3.8, 4) is 0 Å². The van der Waals surface area contributed by atoms with Crippen molar-refractivity contribution >= 4 is 75.2 Å². The fraction of sp³-hybridized carbons (Fsp3) is 0.222. The van der Waals surface area contributed by atoms with E-state index in [-0.39, 0.29) is 43.1 Å². The lowest BCUT2D eigenvalue weighted by Gasteiger charge is -2.13. The highest BCUT2D eigenvalue weighted by molar-refractivity contribution is 6.56. The average molecular weight is 474 g/mol. The highest BCUT2D eigenvalue weighted by Crippen LogP contribution is 2.45. The predicted octanol–water partition coefficient (Wildman–Crippen LogP) is 4.80. The lowest BCUT2D eigenvalue weighted by Crippen LogP contribution is -2.33. The van der Waals surface area contributed by atoms with Crippen LogP contribution in [0.2, 0.25) is 20.1 Å². The van der Waals surface area contributed by atoms with Crippen LogP contribution in [0.5, 0.6) is 0 Å². The zero-order valence-electron chi connectivity index (χ0n) is 15.2. The average Bonchev–Trinajstić information content (AvgIpc) is 3.12. The van der Waals surface area contributed by atoms with Gasteiger partial charge >= 0.3 is 0 Å². The van der Waals surface area contributed by atoms with Gasteiger partial charge in [-0.3, -0.25) is 19.4 Å². The molecule has 1 aliphatic rings. The third-order valence-corrected chi connectivity index (χ3v) is 6.58. The second-order valence-electron chi connectivity index (χ2n) is 6.89. The Morgan fingerprint density at radius 2 is 1.45 bits per heavy atom. The van der Waals surface area contributed by atoms with Crippen molar-refractivity contribution in [1.29, 1.82) is 0 Å². The van der Waals surface area contributed by atoms with E-state index in [9.17, 15) is 14.4 Å². The number of amides is 2. The van der Waals surface area contributed by atoms with Crippen LogP contribution in [0.4, 0.5) is 5.95 Å². The minimum absolute atomic E-state index is 0.0598. The number of halogens is 4. The number of hydrogen-bond acceptors (Lipinski definition) is 4. The van der Waals surface area contributed by atoms with E-state index in [2.05, 4.69) is 9.97 Å². The fourth-order valence-electron chi connectivity index (χ4n) is 3.39. The van der Waals surface area contributed by atoms with E-state index in [4.69, 9.17) is 46.4 Å². The molecule has 1 N–H and O–H groups in total. The van der Waals surface area contributed by atoms with Crippen LogP contribution < -0.4 is 10.5 Å². The topological polar surface area (TPSA) is 88.1 Å². The molecule has 1 aliphatic heterocycles. The van der Waals surface area contributed by atoms with Gasteiger partial charge in [-0.25, -0.2) is 9.88 Å². The summed E-state index contributed by atoms with van der Waals surface area (Å²) >= 11 is 24.4. The lowest BCUT2D eigenvalue weighted by atomic mass is 10.1. The number of nitrogens with zero attached hydrogens (tertiary/aromatic N) is 3. The van der Waals surface area contributed by atoms with Crippen molar-refractivity contribution in [2.45, 2.75) is 19.8 Å². The van der Waals surface area contributed by atoms with Crippen molar-refractivity contribution in [1.82, 2.24) is 14.5 Å². The van der Waals surface area contributed by atoms with Gasteiger partial charge in [-0.1, -0.05) is 60.3 Å². The number of hydrogen-bond donors (Lipinski definition) is 1. The van der Waals surface area contributed by atoms with Crippen LogP contribution >= 0.6 is 46.4 Å². The van der Waals surface area contributed by atoms with E-state index in [1.54, 1.807) is 17.8 Å². The van der Waals surface area contributed by atoms with Crippen LogP contribution in [0, 0.1) is 0 Å². The summed E-state index contributed by atoms with van der Waals surface area (Å²) in [7, 11) is 1.72. The molecular weight excluding hydrogens is 462 g/mol. The van der Waals surface area contributed by atoms with Gasteiger partial charge in [0.25, 0.3) is 17.4 Å². The van der Waals surface area contributed by atoms with Gasteiger partial charge in [-0.05, 0) is 11.5 Å². The molecule has 0 atom stereocenters. The molecule has 150 valence electrons. The maximum atomic E-state index is 13.0. The molecule has 0 saturated carbocycles. The van der Waals surface area contributed by atoms with Crippen LogP contribution in [-0.4, -0.2) is 26.3 Å². The predicted molar refractivity (Wildman–Crippen MR) is 113 cm³/mol. The summed E-state index contributed by atoms with van der Waals surface area (Å²) < 4.78 is 1.65. The highest BCUT2D eigenvalue weighted by atomic mass is 35.5. The summed E-state index contributed by atoms with van der Waals surface area (Å²) in [6.07, 6.45) is 1.79. The number of carbonyl (C=O) groups excluding carboxylic acids is 2. The number of aromatic nitrogens is 3. The van der Waals surface area contributed by atoms with Crippen molar-refractivity contribution in [3.05, 3.63) is 53.3 Å². The Balaban J connectivity index is 1.98. The molecule has 0 bridgehead atoms. The van der Waals surface area contributed by atoms with Gasteiger partial charge in [0.2, 0.25) is 5.95 Å². The molecule has 0 radical (unpaired) electrons. The summed E-state index contributed by atoms with van der Waals surface area (Å²) in [5, 5.41) is -0.657. The van der Waals surface area contributed by atoms with Gasteiger partial charge in [0, 0.05) is 13.2 Å². The van der Waals surface area contributed by atoms with Crippen LogP contribution in [0.15, 0.2) is 11.0 Å². The van der Waals surface area contributed by atoms with Gasteiger partial charge in [0.15, 0.2) is 0 Å². The molecule has 7 nitrogen and oxygen atoms in total. The monoisotopic (exact) mass is 472 g/mol. The largest absolute Gasteiger partial charge is 0.344 e. The number of nitrogens with one attached hydrogen (secondary N) is 1. The number of rotatable bonds is 2. The molecule has 0 fully saturated rings. The fourth-order valence-corrected chi connectivity index (χ4v) is 4.40. The van der Waals surface area contributed by atoms with Crippen LogP contribution in [-0.2, 0) is 7.05 Å². The molecule has 29 heavy (non-hydrogen) atoms. The number of benzene rings is 1. The number of fused-ring (bicyclic) bond motifs is 2. The van der Waals surface area contributed by atoms with Crippen LogP contribution in [0.3, 0.4) is 0 Å². The minimum atomic E-state index is -0.806. The van der Waals surface area contributed by atoms with Crippen molar-refractivity contribution in [2.75, 3.05) is 4.90 Å².